The molecule has 0 saturated carbocycles. The molecule has 9 rings (SSSR count). The van der Waals surface area contributed by atoms with Gasteiger partial charge in [0.05, 0.1) is 0 Å². The number of aryl methyl sites for hydroxylation is 3. The van der Waals surface area contributed by atoms with Gasteiger partial charge in [0.15, 0.2) is 0 Å². The molecular formula is C56H54N2. The number of nitrogens with zero attached hydrogens (tertiary/aromatic N) is 2. The zero-order chi connectivity index (χ0) is 40.3. The van der Waals surface area contributed by atoms with E-state index >= 15 is 0 Å². The van der Waals surface area contributed by atoms with Crippen LogP contribution in [0, 0.1) is 27.7 Å². The summed E-state index contributed by atoms with van der Waals surface area (Å²) in [7, 11) is 0. The highest BCUT2D eigenvalue weighted by molar-refractivity contribution is 6.21. The molecule has 0 amide bonds. The van der Waals surface area contributed by atoms with Gasteiger partial charge in [0.1, 0.15) is 0 Å². The van der Waals surface area contributed by atoms with Crippen LogP contribution in [0.25, 0.3) is 55.6 Å². The Hall–Kier alpha value is -6.38. The van der Waals surface area contributed by atoms with Crippen LogP contribution in [0.15, 0.2) is 158 Å². The second-order valence-corrected chi connectivity index (χ2v) is 15.6. The van der Waals surface area contributed by atoms with Gasteiger partial charge in [-0.05, 0) is 168 Å². The molecule has 0 atom stereocenters. The van der Waals surface area contributed by atoms with E-state index < -0.39 is 0 Å². The molecular weight excluding hydrogens is 701 g/mol. The number of anilines is 3. The maximum Gasteiger partial charge on any atom is 0.0493 e. The summed E-state index contributed by atoms with van der Waals surface area (Å²) in [5.41, 5.74) is 19.3. The van der Waals surface area contributed by atoms with Gasteiger partial charge < -0.3 is 9.47 Å². The van der Waals surface area contributed by atoms with Gasteiger partial charge in [-0.3, -0.25) is 0 Å². The Morgan fingerprint density at radius 1 is 0.638 bits per heavy atom. The van der Waals surface area contributed by atoms with Crippen LogP contribution < -0.4 is 4.90 Å². The highest BCUT2D eigenvalue weighted by atomic mass is 15.1. The van der Waals surface area contributed by atoms with Gasteiger partial charge in [-0.2, -0.15) is 0 Å². The van der Waals surface area contributed by atoms with Crippen molar-refractivity contribution in [1.29, 1.82) is 0 Å². The van der Waals surface area contributed by atoms with Crippen LogP contribution in [0.1, 0.15) is 65.9 Å². The van der Waals surface area contributed by atoms with Crippen molar-refractivity contribution in [1.82, 2.24) is 4.57 Å². The van der Waals surface area contributed by atoms with E-state index in [2.05, 4.69) is 209 Å². The molecule has 0 unspecified atom stereocenters. The van der Waals surface area contributed by atoms with Gasteiger partial charge in [0.2, 0.25) is 0 Å². The van der Waals surface area contributed by atoms with Crippen LogP contribution in [-0.4, -0.2) is 4.57 Å². The third kappa shape index (κ3) is 6.98. The van der Waals surface area contributed by atoms with Crippen molar-refractivity contribution in [3.05, 3.63) is 197 Å². The molecule has 58 heavy (non-hydrogen) atoms. The quantitative estimate of drug-likeness (QED) is 0.111. The molecule has 1 aliphatic carbocycles. The van der Waals surface area contributed by atoms with Crippen molar-refractivity contribution in [2.75, 3.05) is 4.90 Å². The second-order valence-electron chi connectivity index (χ2n) is 15.6. The lowest BCUT2D eigenvalue weighted by Gasteiger charge is -2.29. The molecule has 1 aromatic heterocycles. The largest absolute Gasteiger partial charge is 0.317 e. The van der Waals surface area contributed by atoms with Crippen LogP contribution in [-0.2, 0) is 12.8 Å². The Balaban J connectivity index is 0.00000112. The van der Waals surface area contributed by atoms with E-state index in [0.29, 0.717) is 0 Å². The molecule has 0 bridgehead atoms. The molecule has 1 heterocycles. The first-order valence-corrected chi connectivity index (χ1v) is 20.9. The molecule has 0 fully saturated rings. The minimum atomic E-state index is 1.01. The maximum absolute atomic E-state index is 3.48. The van der Waals surface area contributed by atoms with Crippen molar-refractivity contribution in [2.24, 2.45) is 0 Å². The molecule has 0 spiro atoms. The predicted octanol–water partition coefficient (Wildman–Crippen LogP) is 15.9. The first kappa shape index (κ1) is 38.5. The van der Waals surface area contributed by atoms with Gasteiger partial charge in [-0.15, -0.1) is 6.58 Å². The average Bonchev–Trinajstić information content (AvgIpc) is 3.56. The molecule has 8 aromatic rings. The summed E-state index contributed by atoms with van der Waals surface area (Å²) in [6.07, 6.45) is 10.8. The molecule has 0 saturated heterocycles. The summed E-state index contributed by atoms with van der Waals surface area (Å²) in [6, 6.07) is 51.7. The van der Waals surface area contributed by atoms with Crippen LogP contribution in [0.5, 0.6) is 0 Å². The summed E-state index contributed by atoms with van der Waals surface area (Å²) in [5, 5.41) is 5.14. The summed E-state index contributed by atoms with van der Waals surface area (Å²) >= 11 is 0. The van der Waals surface area contributed by atoms with Crippen LogP contribution in [0.4, 0.5) is 17.1 Å². The molecule has 0 N–H and O–H groups in total. The lowest BCUT2D eigenvalue weighted by molar-refractivity contribution is 0.833. The molecule has 7 aromatic carbocycles. The molecule has 1 aliphatic rings. The highest BCUT2D eigenvalue weighted by Gasteiger charge is 2.23. The molecule has 2 nitrogen and oxygen atoms in total. The number of hydrogen-bond donors (Lipinski definition) is 0. The Bertz CT molecular complexity index is 2780. The Kier molecular flexibility index (Phi) is 11.0. The normalized spacial score (nSPS) is 12.0. The van der Waals surface area contributed by atoms with E-state index in [1.54, 1.807) is 0 Å². The number of benzene rings is 7. The Morgan fingerprint density at radius 3 is 1.93 bits per heavy atom. The third-order valence-corrected chi connectivity index (χ3v) is 11.8. The number of fused-ring (bicyclic) bond motifs is 3. The number of aromatic nitrogens is 1. The highest BCUT2D eigenvalue weighted by Crippen LogP contribution is 2.47. The lowest BCUT2D eigenvalue weighted by Crippen LogP contribution is -2.12. The Labute approximate surface area is 345 Å². The zero-order valence-electron chi connectivity index (χ0n) is 34.9. The van der Waals surface area contributed by atoms with Crippen molar-refractivity contribution in [3.63, 3.8) is 0 Å². The van der Waals surface area contributed by atoms with E-state index in [0.717, 1.165) is 37.1 Å². The van der Waals surface area contributed by atoms with Gasteiger partial charge in [-0.1, -0.05) is 129 Å². The number of rotatable bonds is 8. The number of hydrogen-bond acceptors (Lipinski definition) is 1. The first-order valence-electron chi connectivity index (χ1n) is 20.9. The van der Waals surface area contributed by atoms with E-state index in [-0.39, 0.29) is 0 Å². The van der Waals surface area contributed by atoms with Gasteiger partial charge in [0, 0.05) is 34.1 Å². The summed E-state index contributed by atoms with van der Waals surface area (Å²) < 4.78 is 2.52. The predicted molar refractivity (Wildman–Crippen MR) is 253 cm³/mol. The fraction of sp³-hybridized carbons (Fsp3) is 0.179. The second kappa shape index (κ2) is 16.6. The fourth-order valence-corrected chi connectivity index (χ4v) is 9.01. The molecule has 2 heteroatoms. The monoisotopic (exact) mass is 754 g/mol. The molecule has 0 aliphatic heterocycles. The fourth-order valence-electron chi connectivity index (χ4n) is 9.01. The minimum absolute atomic E-state index is 1.01. The van der Waals surface area contributed by atoms with Crippen LogP contribution in [0.2, 0.25) is 0 Å². The minimum Gasteiger partial charge on any atom is -0.317 e. The summed E-state index contributed by atoms with van der Waals surface area (Å²) in [4.78, 5) is 2.43. The van der Waals surface area contributed by atoms with E-state index in [1.165, 1.54) is 94.4 Å². The van der Waals surface area contributed by atoms with Gasteiger partial charge in [0.25, 0.3) is 0 Å². The van der Waals surface area contributed by atoms with Gasteiger partial charge >= 0.3 is 0 Å². The number of allylic oxidation sites excluding steroid dienone is 2. The standard InChI is InChI=1S/C52H46N2.C4H8/c1-6-48-37(5)42-21-15-16-24-49(42)54(48)41-28-26-40(27-29-41)53(39-19-11-8-12-20-39)50-33-35(3)46(32-36(50)4)52-44-23-14-13-22-43(44)51(38-17-9-7-10-18-38)45-30-25-34(2)31-47(45)52;1-3-4-2/h7-15,17-23,25-33H,6,16,24H2,1-5H3;3H,1,4H2,2H3. The van der Waals surface area contributed by atoms with Crippen LogP contribution in [0.3, 0.4) is 0 Å². The van der Waals surface area contributed by atoms with E-state index in [9.17, 15) is 0 Å². The van der Waals surface area contributed by atoms with E-state index in [1.807, 2.05) is 6.08 Å². The maximum atomic E-state index is 3.48. The topological polar surface area (TPSA) is 8.17 Å². The van der Waals surface area contributed by atoms with Gasteiger partial charge in [-0.25, -0.2) is 0 Å². The summed E-state index contributed by atoms with van der Waals surface area (Å²) in [5.74, 6) is 0. The molecule has 0 radical (unpaired) electrons. The van der Waals surface area contributed by atoms with Crippen molar-refractivity contribution in [3.8, 4) is 27.9 Å². The lowest BCUT2D eigenvalue weighted by atomic mass is 9.84. The SMILES string of the molecule is C=CCC.CCc1c(C)c2c(n1-c1ccc(N(c3ccccc3)c3cc(C)c(-c4c5ccccc5c(-c5ccccc5)c5ccc(C)cc45)cc3C)cc1)CCC=C2. The smallest absolute Gasteiger partial charge is 0.0493 e. The third-order valence-electron chi connectivity index (χ3n) is 11.8. The van der Waals surface area contributed by atoms with Crippen molar-refractivity contribution < 1.29 is 0 Å². The first-order chi connectivity index (χ1) is 28.3. The zero-order valence-corrected chi connectivity index (χ0v) is 34.9. The van der Waals surface area contributed by atoms with Crippen LogP contribution >= 0.6 is 0 Å². The van der Waals surface area contributed by atoms with Crippen molar-refractivity contribution in [2.45, 2.75) is 67.2 Å². The summed E-state index contributed by atoms with van der Waals surface area (Å²) in [6.45, 7) is 16.9. The van der Waals surface area contributed by atoms with Crippen molar-refractivity contribution >= 4 is 44.7 Å². The average molecular weight is 755 g/mol. The Morgan fingerprint density at radius 2 is 1.26 bits per heavy atom. The molecule has 288 valence electrons. The van der Waals surface area contributed by atoms with E-state index in [4.69, 9.17) is 0 Å². The number of para-hydroxylation sites is 1.